The Hall–Kier alpha value is -3.98. The molecule has 6 aromatic rings. The summed E-state index contributed by atoms with van der Waals surface area (Å²) in [5.74, 6) is -0.193. The Labute approximate surface area is 326 Å². The third kappa shape index (κ3) is 7.89. The highest BCUT2D eigenvalue weighted by Gasteiger charge is 2.56. The van der Waals surface area contributed by atoms with Crippen molar-refractivity contribution >= 4 is 73.8 Å². The maximum absolute atomic E-state index is 14.8. The molecule has 6 aromatic carbocycles. The third-order valence-corrected chi connectivity index (χ3v) is 17.6. The van der Waals surface area contributed by atoms with E-state index < -0.39 is 59.1 Å². The highest BCUT2D eigenvalue weighted by molar-refractivity contribution is 14.1. The molecule has 0 radical (unpaired) electrons. The lowest BCUT2D eigenvalue weighted by molar-refractivity contribution is -0.0469. The van der Waals surface area contributed by atoms with E-state index >= 15 is 0 Å². The first kappa shape index (κ1) is 39.7. The predicted molar refractivity (Wildman–Crippen MR) is 207 cm³/mol. The Bertz CT molecular complexity index is 2550. The van der Waals surface area contributed by atoms with Crippen molar-refractivity contribution in [3.8, 4) is 5.75 Å². The number of alkyl halides is 3. The van der Waals surface area contributed by atoms with Gasteiger partial charge in [0.15, 0.2) is 0 Å². The molecule has 0 N–H and O–H groups in total. The molecule has 0 saturated carbocycles. The minimum Gasteiger partial charge on any atom is -0.379 e. The molecule has 0 spiro atoms. The Morgan fingerprint density at radius 1 is 0.556 bits per heavy atom. The lowest BCUT2D eigenvalue weighted by atomic mass is 10.1. The topological polar surface area (TPSA) is 124 Å². The second-order valence-electron chi connectivity index (χ2n) is 11.4. The van der Waals surface area contributed by atoms with Crippen molar-refractivity contribution in [2.75, 3.05) is 13.2 Å². The van der Waals surface area contributed by atoms with Crippen molar-refractivity contribution in [3.63, 3.8) is 0 Å². The second kappa shape index (κ2) is 15.6. The van der Waals surface area contributed by atoms with Crippen LogP contribution in [0.2, 0.25) is 0 Å². The van der Waals surface area contributed by atoms with Crippen LogP contribution >= 0.6 is 32.8 Å². The molecule has 0 fully saturated rings. The van der Waals surface area contributed by atoms with Gasteiger partial charge in [0.05, 0.1) is 6.61 Å². The molecular weight excluding hydrogens is 899 g/mol. The monoisotopic (exact) mass is 927 g/mol. The van der Waals surface area contributed by atoms with E-state index in [9.17, 15) is 38.4 Å². The van der Waals surface area contributed by atoms with E-state index in [1.54, 1.807) is 54.6 Å². The van der Waals surface area contributed by atoms with Gasteiger partial charge in [-0.15, -0.1) is 3.71 Å². The van der Waals surface area contributed by atoms with Crippen molar-refractivity contribution in [1.82, 2.24) is 3.71 Å². The van der Waals surface area contributed by atoms with Crippen LogP contribution in [-0.4, -0.2) is 47.6 Å². The number of rotatable bonds is 13. The average Bonchev–Trinajstić information content (AvgIpc) is 3.15. The summed E-state index contributed by atoms with van der Waals surface area (Å²) in [6, 6.07) is 37.1. The van der Waals surface area contributed by atoms with Crippen LogP contribution in [0.25, 0.3) is 10.8 Å². The van der Waals surface area contributed by atoms with Gasteiger partial charge in [-0.3, -0.25) is 4.18 Å². The van der Waals surface area contributed by atoms with Crippen molar-refractivity contribution in [2.24, 2.45) is 0 Å². The van der Waals surface area contributed by atoms with Gasteiger partial charge < -0.3 is 4.18 Å². The maximum atomic E-state index is 14.8. The van der Waals surface area contributed by atoms with Gasteiger partial charge in [-0.05, 0) is 107 Å². The van der Waals surface area contributed by atoms with Crippen LogP contribution in [0.5, 0.6) is 5.75 Å². The minimum absolute atomic E-state index is 0.0312. The van der Waals surface area contributed by atoms with Gasteiger partial charge in [0.2, 0.25) is 0 Å². The largest absolute Gasteiger partial charge is 0.512 e. The summed E-state index contributed by atoms with van der Waals surface area (Å²) in [6.45, 7) is -2.06. The molecule has 0 aromatic heterocycles. The number of fused-ring (bicyclic) bond motifs is 1. The van der Waals surface area contributed by atoms with Crippen LogP contribution in [0.4, 0.5) is 13.2 Å². The van der Waals surface area contributed by atoms with E-state index in [2.05, 4.69) is 0 Å². The number of sulfonamides is 1. The molecule has 0 aliphatic heterocycles. The molecule has 0 heterocycles. The Morgan fingerprint density at radius 3 is 1.63 bits per heavy atom. The molecule has 0 atom stereocenters. The smallest absolute Gasteiger partial charge is 0.379 e. The molecule has 0 unspecified atom stereocenters. The normalized spacial score (nSPS) is 13.2. The standard InChI is InChI=1S/C37H29F3INO8S4/c38-37(39,40)54(47,48)42(26-27-49-53(45,46)36-17-9-11-28-10-7-8-16-35(28)36)51(31-12-3-1-4-13-31,32-14-5-2-6-15-32)33-24-20-30(21-25-33)50-52(43,44)34-22-18-29(41)19-23-34/h1-25H,26-27H2. The Morgan fingerprint density at radius 2 is 1.06 bits per heavy atom. The summed E-state index contributed by atoms with van der Waals surface area (Å²) < 4.78 is 137. The zero-order chi connectivity index (χ0) is 38.8. The van der Waals surface area contributed by atoms with E-state index in [0.29, 0.717) is 10.8 Å². The van der Waals surface area contributed by atoms with Crippen molar-refractivity contribution < 1.29 is 46.8 Å². The second-order valence-corrected chi connectivity index (χ2v) is 20.9. The molecule has 17 heteroatoms. The van der Waals surface area contributed by atoms with E-state index in [0.717, 1.165) is 3.57 Å². The molecule has 6 rings (SSSR count). The molecule has 0 amide bonds. The highest BCUT2D eigenvalue weighted by Crippen LogP contribution is 2.72. The van der Waals surface area contributed by atoms with Gasteiger partial charge in [-0.25, -0.2) is 8.42 Å². The van der Waals surface area contributed by atoms with Gasteiger partial charge in [0, 0.05) is 30.2 Å². The summed E-state index contributed by atoms with van der Waals surface area (Å²) in [7, 11) is -18.9. The van der Waals surface area contributed by atoms with Crippen LogP contribution in [0.3, 0.4) is 0 Å². The highest BCUT2D eigenvalue weighted by atomic mass is 127. The summed E-state index contributed by atoms with van der Waals surface area (Å²) in [4.78, 5) is -0.0707. The summed E-state index contributed by atoms with van der Waals surface area (Å²) >= 11 is 2.01. The van der Waals surface area contributed by atoms with Crippen molar-refractivity contribution in [3.05, 3.63) is 155 Å². The molecule has 0 aliphatic carbocycles. The van der Waals surface area contributed by atoms with E-state index in [4.69, 9.17) is 8.37 Å². The quantitative estimate of drug-likeness (QED) is 0.0831. The third-order valence-electron chi connectivity index (χ3n) is 8.04. The Balaban J connectivity index is 1.49. The molecule has 0 saturated heterocycles. The Kier molecular flexibility index (Phi) is 11.5. The summed E-state index contributed by atoms with van der Waals surface area (Å²) in [5, 5.41) is 0.874. The number of hydrogen-bond donors (Lipinski definition) is 0. The van der Waals surface area contributed by atoms with Crippen LogP contribution in [-0.2, 0) is 34.4 Å². The fraction of sp³-hybridized carbons (Fsp3) is 0.0811. The number of hydrogen-bond acceptors (Lipinski definition) is 8. The first-order chi connectivity index (χ1) is 25.6. The van der Waals surface area contributed by atoms with Crippen molar-refractivity contribution in [2.45, 2.75) is 30.0 Å². The van der Waals surface area contributed by atoms with Crippen LogP contribution in [0, 0.1) is 3.57 Å². The molecular formula is C37H29F3INO8S4. The average molecular weight is 928 g/mol. The van der Waals surface area contributed by atoms with Gasteiger partial charge in [0.1, 0.15) is 15.5 Å². The first-order valence-corrected chi connectivity index (χ1v) is 22.7. The summed E-state index contributed by atoms with van der Waals surface area (Å²) in [6.07, 6.45) is 0. The number of halogens is 4. The summed E-state index contributed by atoms with van der Waals surface area (Å²) in [5.41, 5.74) is -5.84. The van der Waals surface area contributed by atoms with Gasteiger partial charge in [-0.2, -0.15) is 30.0 Å². The van der Waals surface area contributed by atoms with Crippen LogP contribution in [0.1, 0.15) is 0 Å². The van der Waals surface area contributed by atoms with E-state index in [1.165, 1.54) is 97.1 Å². The minimum atomic E-state index is -6.27. The molecule has 54 heavy (non-hydrogen) atoms. The fourth-order valence-electron chi connectivity index (χ4n) is 5.68. The maximum Gasteiger partial charge on any atom is 0.512 e. The SMILES string of the molecule is O=S(=O)(Oc1ccc(S(c2ccccc2)(c2ccccc2)N(CCOS(=O)(=O)c2cccc3ccccc23)S(=O)(=O)C(F)(F)F)cc1)c1ccc(I)cc1. The number of benzene rings is 6. The zero-order valence-electron chi connectivity index (χ0n) is 27.7. The molecule has 282 valence electrons. The van der Waals surface area contributed by atoms with Crippen LogP contribution in [0.15, 0.2) is 176 Å². The molecule has 0 aliphatic rings. The van der Waals surface area contributed by atoms with Crippen molar-refractivity contribution in [1.29, 1.82) is 0 Å². The molecule has 0 bridgehead atoms. The van der Waals surface area contributed by atoms with E-state index in [1.807, 2.05) is 22.6 Å². The lowest BCUT2D eigenvalue weighted by Gasteiger charge is -2.48. The zero-order valence-corrected chi connectivity index (χ0v) is 33.1. The fourth-order valence-corrected chi connectivity index (χ4v) is 14.3. The van der Waals surface area contributed by atoms with E-state index in [-0.39, 0.29) is 33.9 Å². The molecule has 9 nitrogen and oxygen atoms in total. The van der Waals surface area contributed by atoms with Crippen LogP contribution < -0.4 is 4.18 Å². The lowest BCUT2D eigenvalue weighted by Crippen LogP contribution is -2.44. The van der Waals surface area contributed by atoms with Gasteiger partial charge >= 0.3 is 25.6 Å². The number of nitrogens with zero attached hydrogens (tertiary/aromatic N) is 1. The predicted octanol–water partition coefficient (Wildman–Crippen LogP) is 8.97. The van der Waals surface area contributed by atoms with Gasteiger partial charge in [0.25, 0.3) is 10.1 Å². The first-order valence-electron chi connectivity index (χ1n) is 15.8. The van der Waals surface area contributed by atoms with Gasteiger partial charge in [-0.1, -0.05) is 83.0 Å².